The van der Waals surface area contributed by atoms with Crippen LogP contribution in [0.4, 0.5) is 5.69 Å². The van der Waals surface area contributed by atoms with Crippen LogP contribution < -0.4 is 0 Å². The number of ether oxygens (including phenoxy) is 1. The Labute approximate surface area is 187 Å². The number of aromatic hydroxyl groups is 1. The van der Waals surface area contributed by atoms with Gasteiger partial charge in [0.2, 0.25) is 0 Å². The third-order valence-corrected chi connectivity index (χ3v) is 6.46. The van der Waals surface area contributed by atoms with E-state index < -0.39 is 5.97 Å². The molecule has 0 atom stereocenters. The minimum absolute atomic E-state index is 0.0920. The molecule has 0 bridgehead atoms. The van der Waals surface area contributed by atoms with Crippen LogP contribution in [0, 0.1) is 5.92 Å². The van der Waals surface area contributed by atoms with E-state index in [4.69, 9.17) is 9.73 Å². The van der Waals surface area contributed by atoms with Gasteiger partial charge in [0.25, 0.3) is 0 Å². The summed E-state index contributed by atoms with van der Waals surface area (Å²) in [5, 5.41) is 11.5. The first-order valence-electron chi connectivity index (χ1n) is 11.5. The lowest BCUT2D eigenvalue weighted by Crippen LogP contribution is -2.28. The molecule has 1 saturated carbocycles. The zero-order valence-electron chi connectivity index (χ0n) is 18.4. The van der Waals surface area contributed by atoms with Crippen molar-refractivity contribution in [3.63, 3.8) is 0 Å². The Hall–Kier alpha value is -3.12. The number of esters is 1. The highest BCUT2D eigenvalue weighted by atomic mass is 16.5. The number of nitrogens with one attached hydrogen (secondary N) is 1. The number of benzene rings is 2. The molecule has 2 fully saturated rings. The lowest BCUT2D eigenvalue weighted by molar-refractivity contribution is 0.0601. The van der Waals surface area contributed by atoms with E-state index in [1.807, 2.05) is 0 Å². The molecule has 32 heavy (non-hydrogen) atoms. The summed E-state index contributed by atoms with van der Waals surface area (Å²) in [6.07, 6.45) is 6.02. The average molecular weight is 432 g/mol. The van der Waals surface area contributed by atoms with Crippen LogP contribution in [0.3, 0.4) is 0 Å². The maximum absolute atomic E-state index is 12.0. The van der Waals surface area contributed by atoms with Gasteiger partial charge in [-0.25, -0.2) is 4.79 Å². The van der Waals surface area contributed by atoms with Gasteiger partial charge in [-0.05, 0) is 74.7 Å². The molecule has 1 saturated heterocycles. The van der Waals surface area contributed by atoms with Crippen molar-refractivity contribution in [1.29, 1.82) is 0 Å². The SMILES string of the molecule is COC(=O)c1ccc2[nH]c(O)c(C(=Nc3ccc(CN4CCCCC4)cc3)C3CC3)c2c1. The van der Waals surface area contributed by atoms with E-state index in [9.17, 15) is 9.90 Å². The highest BCUT2D eigenvalue weighted by Crippen LogP contribution is 2.40. The van der Waals surface area contributed by atoms with E-state index in [0.717, 1.165) is 41.7 Å². The van der Waals surface area contributed by atoms with Gasteiger partial charge in [0.1, 0.15) is 0 Å². The van der Waals surface area contributed by atoms with Crippen LogP contribution in [-0.2, 0) is 11.3 Å². The average Bonchev–Trinajstić information content (AvgIpc) is 3.61. The highest BCUT2D eigenvalue weighted by molar-refractivity contribution is 6.16. The van der Waals surface area contributed by atoms with Crippen molar-refractivity contribution in [2.45, 2.75) is 38.6 Å². The molecule has 6 heteroatoms. The number of hydrogen-bond donors (Lipinski definition) is 2. The Bertz CT molecular complexity index is 1150. The molecule has 0 amide bonds. The number of aromatic nitrogens is 1. The smallest absolute Gasteiger partial charge is 0.337 e. The highest BCUT2D eigenvalue weighted by Gasteiger charge is 2.32. The molecule has 2 heterocycles. The number of hydrogen-bond acceptors (Lipinski definition) is 5. The van der Waals surface area contributed by atoms with Crippen molar-refractivity contribution >= 4 is 28.3 Å². The summed E-state index contributed by atoms with van der Waals surface area (Å²) in [4.78, 5) is 22.5. The minimum atomic E-state index is -0.396. The first-order valence-corrected chi connectivity index (χ1v) is 11.5. The van der Waals surface area contributed by atoms with E-state index in [2.05, 4.69) is 34.1 Å². The fourth-order valence-electron chi connectivity index (χ4n) is 4.58. The third-order valence-electron chi connectivity index (χ3n) is 6.46. The number of carbonyl (C=O) groups excluding carboxylic acids is 1. The first kappa shape index (κ1) is 20.8. The van der Waals surface area contributed by atoms with Crippen molar-refractivity contribution in [3.8, 4) is 5.88 Å². The van der Waals surface area contributed by atoms with E-state index >= 15 is 0 Å². The van der Waals surface area contributed by atoms with Crippen molar-refractivity contribution < 1.29 is 14.6 Å². The van der Waals surface area contributed by atoms with Gasteiger partial charge in [0.15, 0.2) is 5.88 Å². The number of methoxy groups -OCH3 is 1. The van der Waals surface area contributed by atoms with Crippen LogP contribution in [0.15, 0.2) is 47.5 Å². The summed E-state index contributed by atoms with van der Waals surface area (Å²) in [6, 6.07) is 13.7. The number of nitrogens with zero attached hydrogens (tertiary/aromatic N) is 2. The summed E-state index contributed by atoms with van der Waals surface area (Å²) >= 11 is 0. The van der Waals surface area contributed by atoms with E-state index in [1.165, 1.54) is 45.0 Å². The van der Waals surface area contributed by atoms with Crippen molar-refractivity contribution in [2.24, 2.45) is 10.9 Å². The van der Waals surface area contributed by atoms with Crippen molar-refractivity contribution in [3.05, 3.63) is 59.2 Å². The number of carbonyl (C=O) groups is 1. The lowest BCUT2D eigenvalue weighted by atomic mass is 10.0. The van der Waals surface area contributed by atoms with Crippen LogP contribution in [0.2, 0.25) is 0 Å². The second-order valence-electron chi connectivity index (χ2n) is 8.88. The summed E-state index contributed by atoms with van der Waals surface area (Å²) in [6.45, 7) is 3.34. The summed E-state index contributed by atoms with van der Waals surface area (Å²) in [7, 11) is 1.37. The fraction of sp³-hybridized carbons (Fsp3) is 0.385. The predicted molar refractivity (Wildman–Crippen MR) is 126 cm³/mol. The Morgan fingerprint density at radius 2 is 1.88 bits per heavy atom. The zero-order chi connectivity index (χ0) is 22.1. The topological polar surface area (TPSA) is 77.9 Å². The van der Waals surface area contributed by atoms with E-state index in [1.54, 1.807) is 18.2 Å². The first-order chi connectivity index (χ1) is 15.6. The van der Waals surface area contributed by atoms with Gasteiger partial charge >= 0.3 is 5.97 Å². The van der Waals surface area contributed by atoms with Crippen LogP contribution in [0.1, 0.15) is 53.6 Å². The van der Waals surface area contributed by atoms with Gasteiger partial charge in [-0.2, -0.15) is 0 Å². The monoisotopic (exact) mass is 431 g/mol. The number of likely N-dealkylation sites (tertiary alicyclic amines) is 1. The fourth-order valence-corrected chi connectivity index (χ4v) is 4.58. The molecule has 2 aromatic carbocycles. The van der Waals surface area contributed by atoms with Crippen LogP contribution >= 0.6 is 0 Å². The van der Waals surface area contributed by atoms with Gasteiger partial charge in [0, 0.05) is 23.4 Å². The van der Waals surface area contributed by atoms with Crippen LogP contribution in [0.5, 0.6) is 5.88 Å². The Balaban J connectivity index is 1.46. The molecule has 3 aromatic rings. The molecule has 2 N–H and O–H groups in total. The van der Waals surface area contributed by atoms with Crippen molar-refractivity contribution in [2.75, 3.05) is 20.2 Å². The minimum Gasteiger partial charge on any atom is -0.494 e. The molecule has 0 radical (unpaired) electrons. The quantitative estimate of drug-likeness (QED) is 0.417. The van der Waals surface area contributed by atoms with Crippen LogP contribution in [-0.4, -0.2) is 46.9 Å². The Morgan fingerprint density at radius 3 is 2.56 bits per heavy atom. The molecule has 1 aliphatic heterocycles. The van der Waals surface area contributed by atoms with Crippen LogP contribution in [0.25, 0.3) is 10.9 Å². The van der Waals surface area contributed by atoms with E-state index in [0.29, 0.717) is 17.0 Å². The zero-order valence-corrected chi connectivity index (χ0v) is 18.4. The largest absolute Gasteiger partial charge is 0.494 e. The molecule has 1 aliphatic carbocycles. The Morgan fingerprint density at radius 1 is 1.12 bits per heavy atom. The molecule has 166 valence electrons. The van der Waals surface area contributed by atoms with Crippen molar-refractivity contribution in [1.82, 2.24) is 9.88 Å². The van der Waals surface area contributed by atoms with E-state index in [-0.39, 0.29) is 5.88 Å². The predicted octanol–water partition coefficient (Wildman–Crippen LogP) is 5.18. The lowest BCUT2D eigenvalue weighted by Gasteiger charge is -2.26. The maximum atomic E-state index is 12.0. The Kier molecular flexibility index (Phi) is 5.70. The number of fused-ring (bicyclic) bond motifs is 1. The molecule has 2 aliphatic rings. The maximum Gasteiger partial charge on any atom is 0.337 e. The molecule has 6 nitrogen and oxygen atoms in total. The number of piperidine rings is 1. The van der Waals surface area contributed by atoms with Gasteiger partial charge in [-0.3, -0.25) is 9.89 Å². The standard InChI is InChI=1S/C26H29N3O3/c1-32-26(31)19-9-12-22-21(15-19)23(25(30)28-22)24(18-7-8-18)27-20-10-5-17(6-11-20)16-29-13-3-2-4-14-29/h5-6,9-12,15,18,28,30H,2-4,7-8,13-14,16H2,1H3. The number of aromatic amines is 1. The van der Waals surface area contributed by atoms with Gasteiger partial charge < -0.3 is 14.8 Å². The number of aliphatic imine (C=N–C) groups is 1. The summed E-state index contributed by atoms with van der Waals surface area (Å²) in [5.41, 5.74) is 4.97. The number of H-pyrrole nitrogens is 1. The molecule has 5 rings (SSSR count). The second kappa shape index (κ2) is 8.79. The number of rotatable bonds is 6. The third kappa shape index (κ3) is 4.28. The molecule has 1 aromatic heterocycles. The molecular weight excluding hydrogens is 402 g/mol. The molecule has 0 unspecified atom stereocenters. The van der Waals surface area contributed by atoms with Gasteiger partial charge in [0.05, 0.1) is 29.6 Å². The van der Waals surface area contributed by atoms with Gasteiger partial charge in [-0.15, -0.1) is 0 Å². The summed E-state index contributed by atoms with van der Waals surface area (Å²) in [5.74, 6) is 0.0110. The molecular formula is C26H29N3O3. The second-order valence-corrected chi connectivity index (χ2v) is 8.88. The van der Waals surface area contributed by atoms with Gasteiger partial charge in [-0.1, -0.05) is 18.6 Å². The molecule has 0 spiro atoms. The summed E-state index contributed by atoms with van der Waals surface area (Å²) < 4.78 is 4.87. The normalized spacial score (nSPS) is 17.6.